The normalized spacial score (nSPS) is 11.5. The van der Waals surface area contributed by atoms with E-state index < -0.39 is 22.8 Å². The Morgan fingerprint density at radius 3 is 2.54 bits per heavy atom. The van der Waals surface area contributed by atoms with E-state index in [2.05, 4.69) is 21.2 Å². The number of carbonyl (C=O) groups is 2. The summed E-state index contributed by atoms with van der Waals surface area (Å²) in [6, 6.07) is 11.6. The lowest BCUT2D eigenvalue weighted by Gasteiger charge is -2.16. The first-order valence-corrected chi connectivity index (χ1v) is 7.75. The third-order valence-electron chi connectivity index (χ3n) is 3.30. The number of hydrogen-bond acceptors (Lipinski definition) is 4. The zero-order valence-corrected chi connectivity index (χ0v) is 14.0. The highest BCUT2D eigenvalue weighted by molar-refractivity contribution is 9.10. The van der Waals surface area contributed by atoms with E-state index in [1.807, 2.05) is 12.1 Å². The van der Waals surface area contributed by atoms with E-state index in [1.165, 1.54) is 18.2 Å². The molecule has 8 heteroatoms. The van der Waals surface area contributed by atoms with Crippen LogP contribution in [0, 0.1) is 10.1 Å². The largest absolute Gasteiger partial charge is 0.368 e. The third kappa shape index (κ3) is 4.63. The number of nitro groups is 1. The van der Waals surface area contributed by atoms with Crippen LogP contribution in [0.3, 0.4) is 0 Å². The van der Waals surface area contributed by atoms with Crippen LogP contribution in [-0.2, 0) is 11.2 Å². The summed E-state index contributed by atoms with van der Waals surface area (Å²) in [4.78, 5) is 34.0. The molecule has 0 fully saturated rings. The van der Waals surface area contributed by atoms with Crippen LogP contribution in [0.4, 0.5) is 5.69 Å². The molecule has 24 heavy (non-hydrogen) atoms. The number of rotatable bonds is 6. The number of nitro benzene ring substituents is 1. The molecule has 1 atom stereocenters. The van der Waals surface area contributed by atoms with Gasteiger partial charge in [-0.25, -0.2) is 0 Å². The van der Waals surface area contributed by atoms with Crippen molar-refractivity contribution >= 4 is 33.4 Å². The van der Waals surface area contributed by atoms with Gasteiger partial charge in [0.05, 0.1) is 4.92 Å². The zero-order valence-electron chi connectivity index (χ0n) is 12.4. The van der Waals surface area contributed by atoms with Crippen molar-refractivity contribution in [1.82, 2.24) is 5.32 Å². The number of non-ortho nitro benzene ring substituents is 1. The van der Waals surface area contributed by atoms with Gasteiger partial charge in [0.15, 0.2) is 0 Å². The predicted molar refractivity (Wildman–Crippen MR) is 91.4 cm³/mol. The molecule has 2 rings (SSSR count). The van der Waals surface area contributed by atoms with Crippen LogP contribution >= 0.6 is 15.9 Å². The molecule has 124 valence electrons. The molecule has 0 saturated heterocycles. The van der Waals surface area contributed by atoms with Crippen molar-refractivity contribution in [1.29, 1.82) is 0 Å². The Morgan fingerprint density at radius 1 is 1.21 bits per heavy atom. The van der Waals surface area contributed by atoms with Crippen LogP contribution in [0.15, 0.2) is 53.0 Å². The van der Waals surface area contributed by atoms with Crippen molar-refractivity contribution in [2.75, 3.05) is 0 Å². The van der Waals surface area contributed by atoms with Gasteiger partial charge in [-0.15, -0.1) is 0 Å². The van der Waals surface area contributed by atoms with Crippen LogP contribution in [0.25, 0.3) is 0 Å². The summed E-state index contributed by atoms with van der Waals surface area (Å²) < 4.78 is 0.841. The molecule has 7 nitrogen and oxygen atoms in total. The van der Waals surface area contributed by atoms with Gasteiger partial charge in [0.2, 0.25) is 5.91 Å². The lowest BCUT2D eigenvalue weighted by Crippen LogP contribution is -2.45. The SMILES string of the molecule is NC(=O)[C@@H](Cc1cccc(Br)c1)NC(=O)c1cccc([N+](=O)[O-])c1. The van der Waals surface area contributed by atoms with Crippen molar-refractivity contribution in [3.8, 4) is 0 Å². The van der Waals surface area contributed by atoms with Crippen molar-refractivity contribution in [3.63, 3.8) is 0 Å². The molecule has 0 spiro atoms. The van der Waals surface area contributed by atoms with Gasteiger partial charge in [-0.1, -0.05) is 34.1 Å². The molecule has 0 aromatic heterocycles. The molecule has 0 unspecified atom stereocenters. The fraction of sp³-hybridized carbons (Fsp3) is 0.125. The molecule has 0 bridgehead atoms. The number of nitrogens with zero attached hydrogens (tertiary/aromatic N) is 1. The summed E-state index contributed by atoms with van der Waals surface area (Å²) >= 11 is 3.33. The third-order valence-corrected chi connectivity index (χ3v) is 3.79. The van der Waals surface area contributed by atoms with E-state index >= 15 is 0 Å². The van der Waals surface area contributed by atoms with Crippen molar-refractivity contribution in [2.45, 2.75) is 12.5 Å². The van der Waals surface area contributed by atoms with E-state index in [0.29, 0.717) is 0 Å². The van der Waals surface area contributed by atoms with E-state index in [4.69, 9.17) is 5.73 Å². The molecule has 0 radical (unpaired) electrons. The van der Waals surface area contributed by atoms with E-state index in [-0.39, 0.29) is 17.7 Å². The average Bonchev–Trinajstić information content (AvgIpc) is 2.54. The maximum Gasteiger partial charge on any atom is 0.270 e. The van der Waals surface area contributed by atoms with E-state index in [9.17, 15) is 19.7 Å². The number of nitrogens with one attached hydrogen (secondary N) is 1. The van der Waals surface area contributed by atoms with Gasteiger partial charge in [0.25, 0.3) is 11.6 Å². The fourth-order valence-corrected chi connectivity index (χ4v) is 2.57. The number of primary amides is 1. The molecular weight excluding hydrogens is 378 g/mol. The number of nitrogens with two attached hydrogens (primary N) is 1. The molecule has 2 aromatic carbocycles. The van der Waals surface area contributed by atoms with Crippen LogP contribution in [0.5, 0.6) is 0 Å². The summed E-state index contributed by atoms with van der Waals surface area (Å²) in [7, 11) is 0. The van der Waals surface area contributed by atoms with Crippen LogP contribution in [-0.4, -0.2) is 22.8 Å². The topological polar surface area (TPSA) is 115 Å². The summed E-state index contributed by atoms with van der Waals surface area (Å²) in [5.74, 6) is -1.29. The number of hydrogen-bond donors (Lipinski definition) is 2. The highest BCUT2D eigenvalue weighted by Crippen LogP contribution is 2.15. The maximum absolute atomic E-state index is 12.2. The second-order valence-corrected chi connectivity index (χ2v) is 5.99. The predicted octanol–water partition coefficient (Wildman–Crippen LogP) is 2.18. The summed E-state index contributed by atoms with van der Waals surface area (Å²) in [6.45, 7) is 0. The minimum absolute atomic E-state index is 0.0877. The van der Waals surface area contributed by atoms with Crippen molar-refractivity contribution in [2.24, 2.45) is 5.73 Å². The summed E-state index contributed by atoms with van der Waals surface area (Å²) in [5.41, 5.74) is 6.05. The number of halogens is 1. The zero-order chi connectivity index (χ0) is 17.7. The van der Waals surface area contributed by atoms with Gasteiger partial charge in [-0.2, -0.15) is 0 Å². The molecule has 2 aromatic rings. The lowest BCUT2D eigenvalue weighted by atomic mass is 10.0. The second kappa shape index (κ2) is 7.69. The molecule has 2 amide bonds. The highest BCUT2D eigenvalue weighted by atomic mass is 79.9. The fourth-order valence-electron chi connectivity index (χ4n) is 2.12. The first-order chi connectivity index (χ1) is 11.4. The molecular formula is C16H14BrN3O4. The Hall–Kier alpha value is -2.74. The highest BCUT2D eigenvalue weighted by Gasteiger charge is 2.20. The van der Waals surface area contributed by atoms with Gasteiger partial charge in [-0.3, -0.25) is 19.7 Å². The van der Waals surface area contributed by atoms with Crippen LogP contribution in [0.1, 0.15) is 15.9 Å². The monoisotopic (exact) mass is 391 g/mol. The van der Waals surface area contributed by atoms with Gasteiger partial charge >= 0.3 is 0 Å². The number of amides is 2. The smallest absolute Gasteiger partial charge is 0.270 e. The van der Waals surface area contributed by atoms with E-state index in [0.717, 1.165) is 16.1 Å². The molecule has 0 aliphatic carbocycles. The van der Waals surface area contributed by atoms with Crippen molar-refractivity contribution in [3.05, 3.63) is 74.2 Å². The Bertz CT molecular complexity index is 794. The summed E-state index contributed by atoms with van der Waals surface area (Å²) in [5, 5.41) is 13.3. The molecule has 0 saturated carbocycles. The van der Waals surface area contributed by atoms with Gasteiger partial charge in [-0.05, 0) is 23.8 Å². The summed E-state index contributed by atoms with van der Waals surface area (Å²) in [6.07, 6.45) is 0.218. The van der Waals surface area contributed by atoms with Gasteiger partial charge in [0, 0.05) is 28.6 Å². The Labute approximate surface area is 146 Å². The molecule has 0 heterocycles. The quantitative estimate of drug-likeness (QED) is 0.579. The standard InChI is InChI=1S/C16H14BrN3O4/c17-12-5-1-3-10(7-12)8-14(15(18)21)19-16(22)11-4-2-6-13(9-11)20(23)24/h1-7,9,14H,8H2,(H2,18,21)(H,19,22)/t14-/m1/s1. The molecule has 3 N–H and O–H groups in total. The van der Waals surface area contributed by atoms with E-state index in [1.54, 1.807) is 12.1 Å². The van der Waals surface area contributed by atoms with Crippen LogP contribution < -0.4 is 11.1 Å². The Kier molecular flexibility index (Phi) is 5.64. The van der Waals surface area contributed by atoms with Gasteiger partial charge in [0.1, 0.15) is 6.04 Å². The average molecular weight is 392 g/mol. The van der Waals surface area contributed by atoms with Gasteiger partial charge < -0.3 is 11.1 Å². The Morgan fingerprint density at radius 2 is 1.92 bits per heavy atom. The minimum atomic E-state index is -0.925. The molecule has 0 aliphatic rings. The van der Waals surface area contributed by atoms with Crippen LogP contribution in [0.2, 0.25) is 0 Å². The number of carbonyl (C=O) groups excluding carboxylic acids is 2. The number of benzene rings is 2. The minimum Gasteiger partial charge on any atom is -0.368 e. The first kappa shape index (κ1) is 17.6. The molecule has 0 aliphatic heterocycles. The Balaban J connectivity index is 2.15. The second-order valence-electron chi connectivity index (χ2n) is 5.07. The lowest BCUT2D eigenvalue weighted by molar-refractivity contribution is -0.384. The maximum atomic E-state index is 12.2. The first-order valence-electron chi connectivity index (χ1n) is 6.96. The van der Waals surface area contributed by atoms with Crippen molar-refractivity contribution < 1.29 is 14.5 Å².